The molecule has 0 atom stereocenters. The lowest BCUT2D eigenvalue weighted by Gasteiger charge is -2.17. The first-order valence-corrected chi connectivity index (χ1v) is 4.41. The van der Waals surface area contributed by atoms with Gasteiger partial charge in [0.05, 0.1) is 5.54 Å². The average Bonchev–Trinajstić information content (AvgIpc) is 1.56. The summed E-state index contributed by atoms with van der Waals surface area (Å²) in [5, 5.41) is 1.46. The Morgan fingerprint density at radius 3 is 2.00 bits per heavy atom. The van der Waals surface area contributed by atoms with E-state index in [-0.39, 0.29) is 0 Å². The van der Waals surface area contributed by atoms with Crippen LogP contribution in [-0.4, -0.2) is 21.2 Å². The first-order chi connectivity index (χ1) is 4.63. The maximum Gasteiger partial charge on any atom is 0.429 e. The molecule has 1 amide bonds. The van der Waals surface area contributed by atoms with Crippen LogP contribution in [0.4, 0.5) is 0 Å². The zero-order valence-corrected chi connectivity index (χ0v) is 7.13. The maximum absolute atomic E-state index is 10.8. The number of hydrogen-bond donors (Lipinski definition) is 4. The van der Waals surface area contributed by atoms with Crippen molar-refractivity contribution in [1.29, 1.82) is 0 Å². The second-order valence-electron chi connectivity index (χ2n) is 2.71. The predicted molar refractivity (Wildman–Crippen MR) is 38.5 cm³/mol. The van der Waals surface area contributed by atoms with Crippen molar-refractivity contribution in [3.8, 4) is 0 Å². The van der Waals surface area contributed by atoms with Gasteiger partial charge in [0.15, 0.2) is 0 Å². The van der Waals surface area contributed by atoms with Crippen molar-refractivity contribution in [2.24, 2.45) is 5.73 Å². The van der Waals surface area contributed by atoms with E-state index in [1.165, 1.54) is 18.9 Å². The van der Waals surface area contributed by atoms with E-state index in [4.69, 9.17) is 15.5 Å². The van der Waals surface area contributed by atoms with Gasteiger partial charge in [0.25, 0.3) is 0 Å². The SMILES string of the molecule is CC(C)(N)C(=O)NP(=O)(O)O. The van der Waals surface area contributed by atoms with Crippen molar-refractivity contribution in [3.05, 3.63) is 0 Å². The van der Waals surface area contributed by atoms with Crippen LogP contribution in [0.15, 0.2) is 0 Å². The van der Waals surface area contributed by atoms with Gasteiger partial charge in [0.1, 0.15) is 0 Å². The van der Waals surface area contributed by atoms with E-state index in [2.05, 4.69) is 0 Å². The number of carbonyl (C=O) groups is 1. The van der Waals surface area contributed by atoms with Crippen molar-refractivity contribution < 1.29 is 19.1 Å². The Morgan fingerprint density at radius 1 is 1.55 bits per heavy atom. The van der Waals surface area contributed by atoms with Gasteiger partial charge in [-0.3, -0.25) is 9.88 Å². The summed E-state index contributed by atoms with van der Waals surface area (Å²) in [7, 11) is -4.50. The molecule has 0 aliphatic heterocycles. The molecule has 0 bridgehead atoms. The summed E-state index contributed by atoms with van der Waals surface area (Å²) in [6, 6.07) is 0. The molecule has 0 unspecified atom stereocenters. The number of hydrogen-bond acceptors (Lipinski definition) is 3. The molecule has 0 fully saturated rings. The van der Waals surface area contributed by atoms with E-state index in [0.717, 1.165) is 0 Å². The molecule has 0 heterocycles. The Morgan fingerprint density at radius 2 is 1.91 bits per heavy atom. The van der Waals surface area contributed by atoms with E-state index in [0.29, 0.717) is 0 Å². The second kappa shape index (κ2) is 2.91. The Labute approximate surface area is 64.0 Å². The van der Waals surface area contributed by atoms with Gasteiger partial charge >= 0.3 is 7.75 Å². The van der Waals surface area contributed by atoms with Crippen molar-refractivity contribution in [2.45, 2.75) is 19.4 Å². The van der Waals surface area contributed by atoms with Gasteiger partial charge < -0.3 is 15.5 Å². The molecular weight excluding hydrogens is 171 g/mol. The topological polar surface area (TPSA) is 113 Å². The molecule has 5 N–H and O–H groups in total. The van der Waals surface area contributed by atoms with Crippen LogP contribution >= 0.6 is 7.75 Å². The summed E-state index contributed by atoms with van der Waals surface area (Å²) in [5.41, 5.74) is 3.95. The fourth-order valence-corrected chi connectivity index (χ4v) is 0.829. The molecule has 11 heavy (non-hydrogen) atoms. The van der Waals surface area contributed by atoms with Gasteiger partial charge in [-0.1, -0.05) is 0 Å². The number of nitrogens with two attached hydrogens (primary N) is 1. The van der Waals surface area contributed by atoms with Crippen LogP contribution in [0.5, 0.6) is 0 Å². The zero-order valence-electron chi connectivity index (χ0n) is 6.24. The molecule has 0 spiro atoms. The van der Waals surface area contributed by atoms with Crippen molar-refractivity contribution in [1.82, 2.24) is 5.09 Å². The lowest BCUT2D eigenvalue weighted by Crippen LogP contribution is -2.47. The summed E-state index contributed by atoms with van der Waals surface area (Å²) in [6.45, 7) is 2.69. The van der Waals surface area contributed by atoms with Crippen LogP contribution in [0.1, 0.15) is 13.8 Å². The minimum absolute atomic E-state index is 0.883. The molecule has 7 heteroatoms. The van der Waals surface area contributed by atoms with E-state index in [9.17, 15) is 9.36 Å². The Balaban J connectivity index is 4.23. The van der Waals surface area contributed by atoms with E-state index >= 15 is 0 Å². The minimum Gasteiger partial charge on any atom is -0.318 e. The van der Waals surface area contributed by atoms with Crippen molar-refractivity contribution in [2.75, 3.05) is 0 Å². The summed E-state index contributed by atoms with van der Waals surface area (Å²) in [6.07, 6.45) is 0. The normalized spacial score (nSPS) is 12.8. The fraction of sp³-hybridized carbons (Fsp3) is 0.750. The van der Waals surface area contributed by atoms with Gasteiger partial charge in [-0.25, -0.2) is 4.57 Å². The quantitative estimate of drug-likeness (QED) is 0.406. The smallest absolute Gasteiger partial charge is 0.318 e. The van der Waals surface area contributed by atoms with E-state index < -0.39 is 19.2 Å². The lowest BCUT2D eigenvalue weighted by molar-refractivity contribution is -0.123. The summed E-state index contributed by atoms with van der Waals surface area (Å²) in [4.78, 5) is 27.3. The number of rotatable bonds is 2. The van der Waals surface area contributed by atoms with E-state index in [1.54, 1.807) is 0 Å². The van der Waals surface area contributed by atoms with E-state index in [1.807, 2.05) is 0 Å². The largest absolute Gasteiger partial charge is 0.429 e. The fourth-order valence-electron chi connectivity index (χ4n) is 0.276. The number of amides is 1. The average molecular weight is 182 g/mol. The highest BCUT2D eigenvalue weighted by atomic mass is 31.2. The minimum atomic E-state index is -4.50. The second-order valence-corrected chi connectivity index (χ2v) is 4.02. The first kappa shape index (κ1) is 10.6. The molecule has 0 aromatic rings. The number of carbonyl (C=O) groups excluding carboxylic acids is 1. The third-order valence-corrected chi connectivity index (χ3v) is 1.33. The predicted octanol–water partition coefficient (Wildman–Crippen LogP) is -1.07. The maximum atomic E-state index is 10.8. The summed E-state index contributed by atoms with van der Waals surface area (Å²) >= 11 is 0. The van der Waals surface area contributed by atoms with Crippen LogP contribution in [0, 0.1) is 0 Å². The molecule has 0 radical (unpaired) electrons. The molecular formula is C4H11N2O4P. The highest BCUT2D eigenvalue weighted by Gasteiger charge is 2.27. The molecule has 0 rings (SSSR count). The molecule has 0 saturated carbocycles. The molecule has 0 aliphatic rings. The van der Waals surface area contributed by atoms with Gasteiger partial charge in [0, 0.05) is 0 Å². The number of nitrogens with one attached hydrogen (secondary N) is 1. The summed E-state index contributed by atoms with van der Waals surface area (Å²) < 4.78 is 10.2. The Kier molecular flexibility index (Phi) is 2.79. The monoisotopic (exact) mass is 182 g/mol. The third kappa shape index (κ3) is 4.92. The van der Waals surface area contributed by atoms with Gasteiger partial charge in [-0.15, -0.1) is 0 Å². The highest BCUT2D eigenvalue weighted by Crippen LogP contribution is 2.28. The zero-order chi connectivity index (χ0) is 9.28. The van der Waals surface area contributed by atoms with Gasteiger partial charge in [0.2, 0.25) is 5.91 Å². The Bertz CT molecular complexity index is 203. The van der Waals surface area contributed by atoms with Crippen LogP contribution in [-0.2, 0) is 9.36 Å². The molecule has 0 saturated heterocycles. The van der Waals surface area contributed by atoms with Crippen molar-refractivity contribution in [3.63, 3.8) is 0 Å². The first-order valence-electron chi connectivity index (χ1n) is 2.80. The summed E-state index contributed by atoms with van der Waals surface area (Å²) in [5.74, 6) is -0.883. The van der Waals surface area contributed by atoms with Crippen LogP contribution in [0.25, 0.3) is 0 Å². The molecule has 66 valence electrons. The molecule has 0 aromatic carbocycles. The van der Waals surface area contributed by atoms with Crippen LogP contribution in [0.2, 0.25) is 0 Å². The molecule has 6 nitrogen and oxygen atoms in total. The standard InChI is InChI=1S/C4H11N2O4P/c1-4(2,5)3(7)6-11(8,9)10/h5H2,1-2H3,(H3,6,7,8,9,10). The molecule has 0 aliphatic carbocycles. The molecule has 0 aromatic heterocycles. The van der Waals surface area contributed by atoms with Gasteiger partial charge in [-0.05, 0) is 13.8 Å². The Hall–Kier alpha value is -0.420. The van der Waals surface area contributed by atoms with Crippen molar-refractivity contribution >= 4 is 13.7 Å². The van der Waals surface area contributed by atoms with Crippen LogP contribution < -0.4 is 10.8 Å². The van der Waals surface area contributed by atoms with Crippen LogP contribution in [0.3, 0.4) is 0 Å². The lowest BCUT2D eigenvalue weighted by atomic mass is 10.1. The van der Waals surface area contributed by atoms with Gasteiger partial charge in [-0.2, -0.15) is 0 Å². The highest BCUT2D eigenvalue weighted by molar-refractivity contribution is 7.50. The third-order valence-electron chi connectivity index (χ3n) is 0.832.